The molecule has 1 unspecified atom stereocenters. The number of hydrogen-bond donors (Lipinski definition) is 1. The lowest BCUT2D eigenvalue weighted by Crippen LogP contribution is -2.10. The van der Waals surface area contributed by atoms with E-state index in [1.807, 2.05) is 18.2 Å². The summed E-state index contributed by atoms with van der Waals surface area (Å²) >= 11 is 0. The SMILES string of the molecule is C=CCCCCCC(N)c1ccc(OCCCC)cc1. The molecule has 0 aliphatic heterocycles. The Morgan fingerprint density at radius 2 is 1.90 bits per heavy atom. The molecule has 0 amide bonds. The maximum absolute atomic E-state index is 6.22. The third kappa shape index (κ3) is 6.76. The molecule has 0 fully saturated rings. The maximum Gasteiger partial charge on any atom is 0.119 e. The monoisotopic (exact) mass is 275 g/mol. The summed E-state index contributed by atoms with van der Waals surface area (Å²) in [6.45, 7) is 6.70. The van der Waals surface area contributed by atoms with Gasteiger partial charge in [0.2, 0.25) is 0 Å². The van der Waals surface area contributed by atoms with Crippen LogP contribution in [0.1, 0.15) is 63.5 Å². The zero-order valence-corrected chi connectivity index (χ0v) is 12.8. The fourth-order valence-electron chi connectivity index (χ4n) is 2.14. The van der Waals surface area contributed by atoms with Crippen molar-refractivity contribution in [2.45, 2.75) is 57.9 Å². The number of benzene rings is 1. The number of rotatable bonds is 11. The van der Waals surface area contributed by atoms with Crippen LogP contribution in [0.15, 0.2) is 36.9 Å². The minimum atomic E-state index is 0.142. The molecule has 0 spiro atoms. The molecule has 1 aromatic rings. The van der Waals surface area contributed by atoms with Gasteiger partial charge in [-0.25, -0.2) is 0 Å². The highest BCUT2D eigenvalue weighted by molar-refractivity contribution is 5.29. The van der Waals surface area contributed by atoms with Crippen LogP contribution in [0.25, 0.3) is 0 Å². The van der Waals surface area contributed by atoms with Crippen molar-refractivity contribution >= 4 is 0 Å². The minimum Gasteiger partial charge on any atom is -0.494 e. The van der Waals surface area contributed by atoms with Crippen molar-refractivity contribution in [3.63, 3.8) is 0 Å². The molecule has 0 aromatic heterocycles. The van der Waals surface area contributed by atoms with E-state index in [0.29, 0.717) is 0 Å². The van der Waals surface area contributed by atoms with E-state index in [4.69, 9.17) is 10.5 Å². The summed E-state index contributed by atoms with van der Waals surface area (Å²) in [6.07, 6.45) is 10.0. The van der Waals surface area contributed by atoms with E-state index in [2.05, 4.69) is 25.6 Å². The molecule has 0 heterocycles. The summed E-state index contributed by atoms with van der Waals surface area (Å²) in [4.78, 5) is 0. The first kappa shape index (κ1) is 16.8. The van der Waals surface area contributed by atoms with Gasteiger partial charge in [-0.3, -0.25) is 0 Å². The molecule has 112 valence electrons. The summed E-state index contributed by atoms with van der Waals surface area (Å²) in [5.41, 5.74) is 7.43. The first-order chi connectivity index (χ1) is 9.77. The Balaban J connectivity index is 2.29. The predicted octanol–water partition coefficient (Wildman–Crippen LogP) is 5.00. The fraction of sp³-hybridized carbons (Fsp3) is 0.556. The maximum atomic E-state index is 6.22. The van der Waals surface area contributed by atoms with Crippen LogP contribution in [-0.4, -0.2) is 6.61 Å². The van der Waals surface area contributed by atoms with E-state index in [-0.39, 0.29) is 6.04 Å². The molecule has 20 heavy (non-hydrogen) atoms. The van der Waals surface area contributed by atoms with Crippen LogP contribution in [0.4, 0.5) is 0 Å². The van der Waals surface area contributed by atoms with Crippen LogP contribution in [0.5, 0.6) is 5.75 Å². The second kappa shape index (κ2) is 10.5. The van der Waals surface area contributed by atoms with E-state index in [9.17, 15) is 0 Å². The van der Waals surface area contributed by atoms with Gasteiger partial charge in [-0.1, -0.05) is 44.4 Å². The van der Waals surface area contributed by atoms with Gasteiger partial charge in [0.15, 0.2) is 0 Å². The molecule has 0 aliphatic carbocycles. The van der Waals surface area contributed by atoms with Gasteiger partial charge in [0.05, 0.1) is 6.61 Å². The standard InChI is InChI=1S/C18H29NO/c1-3-5-7-8-9-10-18(19)16-11-13-17(14-12-16)20-15-6-4-2/h3,11-14,18H,1,4-10,15,19H2,2H3. The second-order valence-electron chi connectivity index (χ2n) is 5.30. The van der Waals surface area contributed by atoms with Crippen molar-refractivity contribution in [2.24, 2.45) is 5.73 Å². The third-order valence-electron chi connectivity index (χ3n) is 3.50. The van der Waals surface area contributed by atoms with Gasteiger partial charge in [0.25, 0.3) is 0 Å². The van der Waals surface area contributed by atoms with Gasteiger partial charge in [-0.05, 0) is 43.4 Å². The number of unbranched alkanes of at least 4 members (excludes halogenated alkanes) is 4. The first-order valence-electron chi connectivity index (χ1n) is 7.87. The summed E-state index contributed by atoms with van der Waals surface area (Å²) in [7, 11) is 0. The summed E-state index contributed by atoms with van der Waals surface area (Å²) in [5, 5.41) is 0. The van der Waals surface area contributed by atoms with E-state index >= 15 is 0 Å². The summed E-state index contributed by atoms with van der Waals surface area (Å²) in [6, 6.07) is 8.39. The Bertz CT molecular complexity index is 358. The quantitative estimate of drug-likeness (QED) is 0.455. The lowest BCUT2D eigenvalue weighted by atomic mass is 10.0. The van der Waals surface area contributed by atoms with Gasteiger partial charge in [0.1, 0.15) is 5.75 Å². The molecule has 0 saturated heterocycles. The third-order valence-corrected chi connectivity index (χ3v) is 3.50. The number of hydrogen-bond acceptors (Lipinski definition) is 2. The zero-order chi connectivity index (χ0) is 14.6. The molecule has 1 rings (SSSR count). The minimum absolute atomic E-state index is 0.142. The number of ether oxygens (including phenoxy) is 1. The highest BCUT2D eigenvalue weighted by atomic mass is 16.5. The van der Waals surface area contributed by atoms with Crippen LogP contribution in [-0.2, 0) is 0 Å². The highest BCUT2D eigenvalue weighted by Gasteiger charge is 2.05. The smallest absolute Gasteiger partial charge is 0.119 e. The summed E-state index contributed by atoms with van der Waals surface area (Å²) in [5.74, 6) is 0.945. The van der Waals surface area contributed by atoms with Gasteiger partial charge < -0.3 is 10.5 Å². The van der Waals surface area contributed by atoms with Gasteiger partial charge in [-0.15, -0.1) is 6.58 Å². The Morgan fingerprint density at radius 3 is 2.55 bits per heavy atom. The van der Waals surface area contributed by atoms with Crippen LogP contribution < -0.4 is 10.5 Å². The average molecular weight is 275 g/mol. The van der Waals surface area contributed by atoms with Crippen molar-refractivity contribution < 1.29 is 4.74 Å². The Kier molecular flexibility index (Phi) is 8.81. The normalized spacial score (nSPS) is 12.1. The Hall–Kier alpha value is -1.28. The number of nitrogens with two attached hydrogens (primary N) is 1. The Morgan fingerprint density at radius 1 is 1.15 bits per heavy atom. The van der Waals surface area contributed by atoms with Crippen LogP contribution in [0.3, 0.4) is 0 Å². The number of allylic oxidation sites excluding steroid dienone is 1. The van der Waals surface area contributed by atoms with Crippen LogP contribution in [0.2, 0.25) is 0 Å². The summed E-state index contributed by atoms with van der Waals surface area (Å²) < 4.78 is 5.66. The molecule has 2 N–H and O–H groups in total. The first-order valence-corrected chi connectivity index (χ1v) is 7.87. The van der Waals surface area contributed by atoms with Crippen LogP contribution >= 0.6 is 0 Å². The highest BCUT2D eigenvalue weighted by Crippen LogP contribution is 2.21. The molecule has 1 atom stereocenters. The molecule has 2 heteroatoms. The second-order valence-corrected chi connectivity index (χ2v) is 5.30. The van der Waals surface area contributed by atoms with E-state index < -0.39 is 0 Å². The van der Waals surface area contributed by atoms with Gasteiger partial charge >= 0.3 is 0 Å². The Labute approximate surface area is 124 Å². The van der Waals surface area contributed by atoms with Crippen molar-refractivity contribution in [3.05, 3.63) is 42.5 Å². The van der Waals surface area contributed by atoms with Gasteiger partial charge in [-0.2, -0.15) is 0 Å². The predicted molar refractivity (Wildman–Crippen MR) is 87.1 cm³/mol. The lowest BCUT2D eigenvalue weighted by molar-refractivity contribution is 0.309. The molecular weight excluding hydrogens is 246 g/mol. The molecule has 0 saturated carbocycles. The van der Waals surface area contributed by atoms with Crippen molar-refractivity contribution in [1.82, 2.24) is 0 Å². The lowest BCUT2D eigenvalue weighted by Gasteiger charge is -2.13. The molecule has 2 nitrogen and oxygen atoms in total. The van der Waals surface area contributed by atoms with Crippen molar-refractivity contribution in [3.8, 4) is 5.75 Å². The molecule has 0 aliphatic rings. The topological polar surface area (TPSA) is 35.2 Å². The average Bonchev–Trinajstić information content (AvgIpc) is 2.48. The van der Waals surface area contributed by atoms with E-state index in [1.54, 1.807) is 0 Å². The van der Waals surface area contributed by atoms with Crippen molar-refractivity contribution in [1.29, 1.82) is 0 Å². The van der Waals surface area contributed by atoms with Crippen molar-refractivity contribution in [2.75, 3.05) is 6.61 Å². The zero-order valence-electron chi connectivity index (χ0n) is 12.8. The van der Waals surface area contributed by atoms with E-state index in [0.717, 1.165) is 38.0 Å². The molecule has 0 radical (unpaired) electrons. The molecule has 0 bridgehead atoms. The van der Waals surface area contributed by atoms with Crippen LogP contribution in [0, 0.1) is 0 Å². The van der Waals surface area contributed by atoms with Gasteiger partial charge in [0, 0.05) is 6.04 Å². The largest absolute Gasteiger partial charge is 0.494 e. The molecular formula is C18H29NO. The van der Waals surface area contributed by atoms with E-state index in [1.165, 1.54) is 24.8 Å². The fourth-order valence-corrected chi connectivity index (χ4v) is 2.14. The molecule has 1 aromatic carbocycles.